The lowest BCUT2D eigenvalue weighted by molar-refractivity contribution is 0.415. The third-order valence-corrected chi connectivity index (χ3v) is 2.55. The Bertz CT molecular complexity index is 483. The minimum absolute atomic E-state index is 0.878. The van der Waals surface area contributed by atoms with Gasteiger partial charge in [0.2, 0.25) is 0 Å². The monoisotopic (exact) mass is 210 g/mol. The highest BCUT2D eigenvalue weighted by Gasteiger charge is 1.98. The smallest absolute Gasteiger partial charge is 0.118 e. The van der Waals surface area contributed by atoms with Gasteiger partial charge in [0.15, 0.2) is 0 Å². The Balaban J connectivity index is 2.38. The fourth-order valence-electron chi connectivity index (χ4n) is 1.63. The number of rotatable bonds is 3. The maximum absolute atomic E-state index is 5.13. The summed E-state index contributed by atoms with van der Waals surface area (Å²) in [5.74, 6) is 0.878. The van der Waals surface area contributed by atoms with E-state index >= 15 is 0 Å². The van der Waals surface area contributed by atoms with Crippen LogP contribution in [0.5, 0.6) is 5.75 Å². The molecule has 0 radical (unpaired) electrons. The van der Waals surface area contributed by atoms with E-state index in [1.54, 1.807) is 7.11 Å². The lowest BCUT2D eigenvalue weighted by Gasteiger charge is -2.04. The molecule has 0 aliphatic heterocycles. The molecule has 0 aromatic heterocycles. The van der Waals surface area contributed by atoms with E-state index in [9.17, 15) is 0 Å². The van der Waals surface area contributed by atoms with Crippen LogP contribution in [0.2, 0.25) is 0 Å². The van der Waals surface area contributed by atoms with Crippen molar-refractivity contribution in [2.75, 3.05) is 7.11 Å². The summed E-state index contributed by atoms with van der Waals surface area (Å²) in [5.41, 5.74) is 3.51. The summed E-state index contributed by atoms with van der Waals surface area (Å²) in [4.78, 5) is 0. The largest absolute Gasteiger partial charge is 0.497 e. The summed E-state index contributed by atoms with van der Waals surface area (Å²) >= 11 is 0. The molecule has 0 N–H and O–H groups in total. The first-order chi connectivity index (χ1) is 7.83. The molecule has 0 heterocycles. The van der Waals surface area contributed by atoms with E-state index in [4.69, 9.17) is 4.74 Å². The van der Waals surface area contributed by atoms with Crippen molar-refractivity contribution in [1.29, 1.82) is 0 Å². The van der Waals surface area contributed by atoms with Gasteiger partial charge in [0, 0.05) is 0 Å². The van der Waals surface area contributed by atoms with E-state index < -0.39 is 0 Å². The molecule has 0 saturated carbocycles. The highest BCUT2D eigenvalue weighted by molar-refractivity contribution is 5.67. The Labute approximate surface area is 96.0 Å². The van der Waals surface area contributed by atoms with Crippen LogP contribution in [0.15, 0.2) is 55.1 Å². The Morgan fingerprint density at radius 1 is 1.00 bits per heavy atom. The van der Waals surface area contributed by atoms with Crippen molar-refractivity contribution >= 4 is 6.08 Å². The molecule has 2 aromatic rings. The molecule has 0 aliphatic rings. The average Bonchev–Trinajstić information content (AvgIpc) is 2.39. The summed E-state index contributed by atoms with van der Waals surface area (Å²) < 4.78 is 5.13. The van der Waals surface area contributed by atoms with Crippen LogP contribution in [0.3, 0.4) is 0 Å². The molecule has 1 nitrogen and oxygen atoms in total. The van der Waals surface area contributed by atoms with Gasteiger partial charge in [-0.1, -0.05) is 43.0 Å². The highest BCUT2D eigenvalue weighted by Crippen LogP contribution is 2.23. The summed E-state index contributed by atoms with van der Waals surface area (Å²) in [7, 11) is 1.67. The fourth-order valence-corrected chi connectivity index (χ4v) is 1.63. The van der Waals surface area contributed by atoms with E-state index in [1.807, 2.05) is 30.3 Å². The molecule has 0 saturated heterocycles. The van der Waals surface area contributed by atoms with Gasteiger partial charge in [-0.3, -0.25) is 0 Å². The molecule has 0 atom stereocenters. The van der Waals surface area contributed by atoms with Gasteiger partial charge in [0.25, 0.3) is 0 Å². The molecular formula is C15H14O. The molecule has 0 spiro atoms. The van der Waals surface area contributed by atoms with Crippen molar-refractivity contribution in [3.05, 3.63) is 60.7 Å². The topological polar surface area (TPSA) is 9.23 Å². The maximum Gasteiger partial charge on any atom is 0.118 e. The molecular weight excluding hydrogens is 196 g/mol. The number of ether oxygens (including phenoxy) is 1. The SMILES string of the molecule is C=Cc1cccc(-c2ccc(OC)cc2)c1. The second kappa shape index (κ2) is 4.67. The second-order valence-electron chi connectivity index (χ2n) is 3.56. The number of benzene rings is 2. The molecule has 0 unspecified atom stereocenters. The predicted octanol–water partition coefficient (Wildman–Crippen LogP) is 4.01. The first kappa shape index (κ1) is 10.5. The number of hydrogen-bond donors (Lipinski definition) is 0. The zero-order valence-electron chi connectivity index (χ0n) is 9.31. The Kier molecular flexibility index (Phi) is 3.06. The van der Waals surface area contributed by atoms with E-state index in [1.165, 1.54) is 11.1 Å². The normalized spacial score (nSPS) is 9.81. The summed E-state index contributed by atoms with van der Waals surface area (Å²) in [6, 6.07) is 16.3. The van der Waals surface area contributed by atoms with Crippen LogP contribution < -0.4 is 4.74 Å². The van der Waals surface area contributed by atoms with Gasteiger partial charge in [-0.25, -0.2) is 0 Å². The highest BCUT2D eigenvalue weighted by atomic mass is 16.5. The lowest BCUT2D eigenvalue weighted by Crippen LogP contribution is -1.83. The summed E-state index contributed by atoms with van der Waals surface area (Å²) in [5, 5.41) is 0. The van der Waals surface area contributed by atoms with E-state index in [2.05, 4.69) is 30.8 Å². The minimum Gasteiger partial charge on any atom is -0.497 e. The molecule has 80 valence electrons. The fraction of sp³-hybridized carbons (Fsp3) is 0.0667. The number of hydrogen-bond acceptors (Lipinski definition) is 1. The van der Waals surface area contributed by atoms with E-state index in [0.717, 1.165) is 11.3 Å². The third-order valence-electron chi connectivity index (χ3n) is 2.55. The molecule has 16 heavy (non-hydrogen) atoms. The van der Waals surface area contributed by atoms with E-state index in [-0.39, 0.29) is 0 Å². The van der Waals surface area contributed by atoms with Crippen LogP contribution in [-0.2, 0) is 0 Å². The molecule has 0 aliphatic carbocycles. The third kappa shape index (κ3) is 2.14. The van der Waals surface area contributed by atoms with Crippen LogP contribution in [0, 0.1) is 0 Å². The van der Waals surface area contributed by atoms with Gasteiger partial charge in [0.05, 0.1) is 7.11 Å². The van der Waals surface area contributed by atoms with Gasteiger partial charge >= 0.3 is 0 Å². The quantitative estimate of drug-likeness (QED) is 0.743. The number of methoxy groups -OCH3 is 1. The van der Waals surface area contributed by atoms with Gasteiger partial charge < -0.3 is 4.74 Å². The molecule has 2 aromatic carbocycles. The first-order valence-corrected chi connectivity index (χ1v) is 5.20. The lowest BCUT2D eigenvalue weighted by atomic mass is 10.0. The van der Waals surface area contributed by atoms with Gasteiger partial charge in [-0.15, -0.1) is 0 Å². The second-order valence-corrected chi connectivity index (χ2v) is 3.56. The predicted molar refractivity (Wildman–Crippen MR) is 68.5 cm³/mol. The molecule has 0 bridgehead atoms. The molecule has 0 amide bonds. The minimum atomic E-state index is 0.878. The van der Waals surface area contributed by atoms with Gasteiger partial charge in [-0.05, 0) is 34.9 Å². The van der Waals surface area contributed by atoms with Crippen LogP contribution in [0.1, 0.15) is 5.56 Å². The summed E-state index contributed by atoms with van der Waals surface area (Å²) in [6.45, 7) is 3.77. The Morgan fingerprint density at radius 3 is 2.38 bits per heavy atom. The van der Waals surface area contributed by atoms with E-state index in [0.29, 0.717) is 0 Å². The van der Waals surface area contributed by atoms with Crippen molar-refractivity contribution in [3.63, 3.8) is 0 Å². The van der Waals surface area contributed by atoms with Crippen LogP contribution in [0.25, 0.3) is 17.2 Å². The van der Waals surface area contributed by atoms with Crippen molar-refractivity contribution in [2.24, 2.45) is 0 Å². The molecule has 2 rings (SSSR count). The Hall–Kier alpha value is -2.02. The van der Waals surface area contributed by atoms with Gasteiger partial charge in [-0.2, -0.15) is 0 Å². The van der Waals surface area contributed by atoms with Crippen molar-refractivity contribution < 1.29 is 4.74 Å². The molecule has 0 fully saturated rings. The van der Waals surface area contributed by atoms with Gasteiger partial charge in [0.1, 0.15) is 5.75 Å². The summed E-state index contributed by atoms with van der Waals surface area (Å²) in [6.07, 6.45) is 1.85. The van der Waals surface area contributed by atoms with Crippen molar-refractivity contribution in [3.8, 4) is 16.9 Å². The van der Waals surface area contributed by atoms with Crippen LogP contribution >= 0.6 is 0 Å². The maximum atomic E-state index is 5.13. The van der Waals surface area contributed by atoms with Crippen molar-refractivity contribution in [1.82, 2.24) is 0 Å². The standard InChI is InChI=1S/C15H14O/c1-3-12-5-4-6-14(11-12)13-7-9-15(16-2)10-8-13/h3-11H,1H2,2H3. The van der Waals surface area contributed by atoms with Crippen molar-refractivity contribution in [2.45, 2.75) is 0 Å². The average molecular weight is 210 g/mol. The van der Waals surface area contributed by atoms with Crippen LogP contribution in [0.4, 0.5) is 0 Å². The zero-order valence-corrected chi connectivity index (χ0v) is 9.31. The Morgan fingerprint density at radius 2 is 1.75 bits per heavy atom. The first-order valence-electron chi connectivity index (χ1n) is 5.20. The van der Waals surface area contributed by atoms with Crippen LogP contribution in [-0.4, -0.2) is 7.11 Å². The zero-order chi connectivity index (χ0) is 11.4. The molecule has 1 heteroatoms.